The Morgan fingerprint density at radius 2 is 2.08 bits per heavy atom. The van der Waals surface area contributed by atoms with Gasteiger partial charge in [-0.15, -0.1) is 5.10 Å². The normalized spacial score (nSPS) is 13.5. The van der Waals surface area contributed by atoms with Crippen molar-refractivity contribution in [3.8, 4) is 17.2 Å². The highest BCUT2D eigenvalue weighted by molar-refractivity contribution is 7.98. The van der Waals surface area contributed by atoms with Crippen LogP contribution < -0.4 is 9.47 Å². The Hall–Kier alpha value is -2.32. The molecule has 0 spiro atoms. The van der Waals surface area contributed by atoms with Gasteiger partial charge in [0.05, 0.1) is 23.9 Å². The quantitative estimate of drug-likeness (QED) is 0.627. The molecule has 6 nitrogen and oxygen atoms in total. The molecule has 26 heavy (non-hydrogen) atoms. The largest absolute Gasteiger partial charge is 0.489 e. The average molecular weight is 393 g/mol. The molecule has 0 unspecified atom stereocenters. The summed E-state index contributed by atoms with van der Waals surface area (Å²) in [6, 6.07) is 9.87. The number of rotatable bonds is 4. The van der Waals surface area contributed by atoms with Crippen molar-refractivity contribution in [1.29, 1.82) is 0 Å². The third-order valence-electron chi connectivity index (χ3n) is 3.72. The zero-order valence-corrected chi connectivity index (χ0v) is 15.1. The molecule has 0 bridgehead atoms. The SMILES string of the molecule is Fc1cccc(-n2nnnc2SCc2cc(Cl)c3c(c2)OCCCO3)c1. The van der Waals surface area contributed by atoms with Gasteiger partial charge in [0, 0.05) is 12.2 Å². The topological polar surface area (TPSA) is 62.1 Å². The van der Waals surface area contributed by atoms with Crippen LogP contribution in [0.3, 0.4) is 0 Å². The lowest BCUT2D eigenvalue weighted by molar-refractivity contribution is 0.297. The van der Waals surface area contributed by atoms with E-state index >= 15 is 0 Å². The van der Waals surface area contributed by atoms with Gasteiger partial charge < -0.3 is 9.47 Å². The van der Waals surface area contributed by atoms with Gasteiger partial charge in [0.2, 0.25) is 5.16 Å². The maximum atomic E-state index is 13.5. The van der Waals surface area contributed by atoms with E-state index in [-0.39, 0.29) is 5.82 Å². The number of benzene rings is 2. The van der Waals surface area contributed by atoms with Crippen molar-refractivity contribution in [2.75, 3.05) is 13.2 Å². The fourth-order valence-corrected chi connectivity index (χ4v) is 3.66. The van der Waals surface area contributed by atoms with Gasteiger partial charge in [-0.05, 0) is 46.3 Å². The lowest BCUT2D eigenvalue weighted by atomic mass is 10.2. The highest BCUT2D eigenvalue weighted by atomic mass is 35.5. The maximum absolute atomic E-state index is 13.5. The first-order valence-corrected chi connectivity index (χ1v) is 9.32. The summed E-state index contributed by atoms with van der Waals surface area (Å²) in [5.74, 6) is 1.47. The van der Waals surface area contributed by atoms with E-state index in [2.05, 4.69) is 15.5 Å². The Balaban J connectivity index is 1.55. The Morgan fingerprint density at radius 1 is 1.19 bits per heavy atom. The summed E-state index contributed by atoms with van der Waals surface area (Å²) in [4.78, 5) is 0. The summed E-state index contributed by atoms with van der Waals surface area (Å²) < 4.78 is 26.3. The number of thioether (sulfide) groups is 1. The zero-order valence-electron chi connectivity index (χ0n) is 13.6. The van der Waals surface area contributed by atoms with Gasteiger partial charge in [-0.3, -0.25) is 0 Å². The molecule has 1 aromatic heterocycles. The summed E-state index contributed by atoms with van der Waals surface area (Å²) in [6.07, 6.45) is 0.817. The number of ether oxygens (including phenoxy) is 2. The van der Waals surface area contributed by atoms with Gasteiger partial charge in [-0.1, -0.05) is 29.4 Å². The molecular weight excluding hydrogens is 379 g/mol. The van der Waals surface area contributed by atoms with E-state index in [1.807, 2.05) is 12.1 Å². The third kappa shape index (κ3) is 3.61. The number of nitrogens with zero attached hydrogens (tertiary/aromatic N) is 4. The van der Waals surface area contributed by atoms with E-state index in [4.69, 9.17) is 21.1 Å². The number of halogens is 2. The first kappa shape index (κ1) is 17.1. The second kappa shape index (κ2) is 7.51. The van der Waals surface area contributed by atoms with Gasteiger partial charge >= 0.3 is 0 Å². The van der Waals surface area contributed by atoms with Crippen LogP contribution in [0.15, 0.2) is 41.6 Å². The van der Waals surface area contributed by atoms with E-state index in [1.54, 1.807) is 12.1 Å². The van der Waals surface area contributed by atoms with Gasteiger partial charge in [0.15, 0.2) is 11.5 Å². The Morgan fingerprint density at radius 3 is 2.96 bits per heavy atom. The predicted molar refractivity (Wildman–Crippen MR) is 95.7 cm³/mol. The fourth-order valence-electron chi connectivity index (χ4n) is 2.55. The summed E-state index contributed by atoms with van der Waals surface area (Å²) >= 11 is 7.75. The lowest BCUT2D eigenvalue weighted by Gasteiger charge is -2.11. The molecule has 2 heterocycles. The molecule has 4 rings (SSSR count). The fraction of sp³-hybridized carbons (Fsp3) is 0.235. The molecule has 0 N–H and O–H groups in total. The number of aromatic nitrogens is 4. The van der Waals surface area contributed by atoms with Gasteiger partial charge in [0.25, 0.3) is 0 Å². The molecule has 134 valence electrons. The van der Waals surface area contributed by atoms with E-state index in [0.29, 0.717) is 46.3 Å². The van der Waals surface area contributed by atoms with Crippen molar-refractivity contribution in [1.82, 2.24) is 20.2 Å². The first-order valence-electron chi connectivity index (χ1n) is 7.96. The van der Waals surface area contributed by atoms with Crippen LogP contribution in [0.5, 0.6) is 11.5 Å². The Labute approximate surface area is 158 Å². The van der Waals surface area contributed by atoms with E-state index < -0.39 is 0 Å². The molecule has 0 aliphatic carbocycles. The molecule has 0 amide bonds. The first-order chi connectivity index (χ1) is 12.7. The number of hydrogen-bond donors (Lipinski definition) is 0. The summed E-state index contributed by atoms with van der Waals surface area (Å²) in [6.45, 7) is 1.18. The standard InChI is InChI=1S/C17H14ClFN4O2S/c18-14-7-11(8-15-16(14)25-6-2-5-24-15)10-26-17-20-21-22-23(17)13-4-1-3-12(19)9-13/h1,3-4,7-9H,2,5-6,10H2. The smallest absolute Gasteiger partial charge is 0.214 e. The van der Waals surface area contributed by atoms with Gasteiger partial charge in [-0.25, -0.2) is 4.39 Å². The number of fused-ring (bicyclic) bond motifs is 1. The Bertz CT molecular complexity index is 937. The molecule has 0 atom stereocenters. The molecule has 2 aromatic carbocycles. The second-order valence-electron chi connectivity index (χ2n) is 5.60. The highest BCUT2D eigenvalue weighted by Gasteiger charge is 2.17. The Kier molecular flexibility index (Phi) is 4.94. The second-order valence-corrected chi connectivity index (χ2v) is 6.95. The predicted octanol–water partition coefficient (Wildman–Crippen LogP) is 3.91. The highest BCUT2D eigenvalue weighted by Crippen LogP contribution is 2.39. The van der Waals surface area contributed by atoms with Gasteiger partial charge in [-0.2, -0.15) is 4.68 Å². The minimum Gasteiger partial charge on any atom is -0.489 e. The monoisotopic (exact) mass is 392 g/mol. The van der Waals surface area contributed by atoms with Crippen molar-refractivity contribution in [3.63, 3.8) is 0 Å². The van der Waals surface area contributed by atoms with Crippen LogP contribution in [0.2, 0.25) is 5.02 Å². The third-order valence-corrected chi connectivity index (χ3v) is 4.99. The lowest BCUT2D eigenvalue weighted by Crippen LogP contribution is -2.00. The molecule has 3 aromatic rings. The summed E-state index contributed by atoms with van der Waals surface area (Å²) in [5.41, 5.74) is 1.52. The molecular formula is C17H14ClFN4O2S. The van der Waals surface area contributed by atoms with Crippen LogP contribution in [0.4, 0.5) is 4.39 Å². The molecule has 9 heteroatoms. The van der Waals surface area contributed by atoms with Crippen molar-refractivity contribution in [3.05, 3.63) is 52.8 Å². The molecule has 0 radical (unpaired) electrons. The van der Waals surface area contributed by atoms with Crippen LogP contribution in [0.25, 0.3) is 5.69 Å². The van der Waals surface area contributed by atoms with Crippen LogP contribution in [0, 0.1) is 5.82 Å². The van der Waals surface area contributed by atoms with Crippen molar-refractivity contribution < 1.29 is 13.9 Å². The van der Waals surface area contributed by atoms with Gasteiger partial charge in [0.1, 0.15) is 5.82 Å². The summed E-state index contributed by atoms with van der Waals surface area (Å²) in [5, 5.41) is 12.7. The minimum atomic E-state index is -0.344. The van der Waals surface area contributed by atoms with Crippen molar-refractivity contribution >= 4 is 23.4 Å². The van der Waals surface area contributed by atoms with Crippen LogP contribution in [0.1, 0.15) is 12.0 Å². The molecule has 1 aliphatic heterocycles. The van der Waals surface area contributed by atoms with Crippen LogP contribution >= 0.6 is 23.4 Å². The average Bonchev–Trinajstić information content (AvgIpc) is 2.97. The number of hydrogen-bond acceptors (Lipinski definition) is 6. The molecule has 1 aliphatic rings. The molecule has 0 saturated heterocycles. The minimum absolute atomic E-state index is 0.344. The van der Waals surface area contributed by atoms with Crippen molar-refractivity contribution in [2.24, 2.45) is 0 Å². The maximum Gasteiger partial charge on any atom is 0.214 e. The van der Waals surface area contributed by atoms with Crippen molar-refractivity contribution in [2.45, 2.75) is 17.3 Å². The molecule has 0 fully saturated rings. The van der Waals surface area contributed by atoms with Crippen LogP contribution in [-0.4, -0.2) is 33.4 Å². The number of tetrazole rings is 1. The van der Waals surface area contributed by atoms with E-state index in [9.17, 15) is 4.39 Å². The van der Waals surface area contributed by atoms with E-state index in [1.165, 1.54) is 28.6 Å². The zero-order chi connectivity index (χ0) is 17.9. The van der Waals surface area contributed by atoms with E-state index in [0.717, 1.165) is 12.0 Å². The molecule has 0 saturated carbocycles. The van der Waals surface area contributed by atoms with Crippen LogP contribution in [-0.2, 0) is 5.75 Å². The summed E-state index contributed by atoms with van der Waals surface area (Å²) in [7, 11) is 0.